The van der Waals surface area contributed by atoms with Gasteiger partial charge >= 0.3 is 12.0 Å². The first kappa shape index (κ1) is 15.8. The van der Waals surface area contributed by atoms with Crippen molar-refractivity contribution in [2.24, 2.45) is 0 Å². The Labute approximate surface area is 113 Å². The second-order valence-electron chi connectivity index (χ2n) is 5.07. The first-order chi connectivity index (χ1) is 9.05. The van der Waals surface area contributed by atoms with Gasteiger partial charge in [-0.3, -0.25) is 4.79 Å². The van der Waals surface area contributed by atoms with Gasteiger partial charge < -0.3 is 20.5 Å². The number of methoxy groups -OCH3 is 1. The first-order valence-corrected chi connectivity index (χ1v) is 6.86. The molecule has 1 saturated carbocycles. The summed E-state index contributed by atoms with van der Waals surface area (Å²) in [6.45, 7) is 1.97. The predicted octanol–water partition coefficient (Wildman–Crippen LogP) is 1.50. The van der Waals surface area contributed by atoms with Crippen molar-refractivity contribution in [1.82, 2.24) is 10.6 Å². The molecule has 1 rings (SSSR count). The largest absolute Gasteiger partial charge is 0.481 e. The van der Waals surface area contributed by atoms with E-state index in [-0.39, 0.29) is 30.6 Å². The number of hydrogen-bond donors (Lipinski definition) is 3. The van der Waals surface area contributed by atoms with Crippen LogP contribution in [0.1, 0.15) is 45.4 Å². The predicted molar refractivity (Wildman–Crippen MR) is 71.1 cm³/mol. The maximum Gasteiger partial charge on any atom is 0.315 e. The van der Waals surface area contributed by atoms with Crippen molar-refractivity contribution in [3.8, 4) is 0 Å². The zero-order valence-corrected chi connectivity index (χ0v) is 11.6. The first-order valence-electron chi connectivity index (χ1n) is 6.86. The van der Waals surface area contributed by atoms with Crippen LogP contribution in [0.2, 0.25) is 0 Å². The lowest BCUT2D eigenvalue weighted by atomic mass is 10.1. The van der Waals surface area contributed by atoms with Gasteiger partial charge in [0, 0.05) is 19.2 Å². The van der Waals surface area contributed by atoms with Gasteiger partial charge in [0.25, 0.3) is 0 Å². The molecule has 6 nitrogen and oxygen atoms in total. The number of urea groups is 1. The van der Waals surface area contributed by atoms with Gasteiger partial charge in [0.2, 0.25) is 0 Å². The van der Waals surface area contributed by atoms with Crippen molar-refractivity contribution in [1.29, 1.82) is 0 Å². The van der Waals surface area contributed by atoms with Crippen LogP contribution >= 0.6 is 0 Å². The number of nitrogens with one attached hydrogen (secondary N) is 2. The Bertz CT molecular complexity index is 309. The van der Waals surface area contributed by atoms with E-state index >= 15 is 0 Å². The summed E-state index contributed by atoms with van der Waals surface area (Å²) < 4.78 is 5.25. The third-order valence-electron chi connectivity index (χ3n) is 3.45. The van der Waals surface area contributed by atoms with Crippen LogP contribution < -0.4 is 10.6 Å². The van der Waals surface area contributed by atoms with Gasteiger partial charge in [0.1, 0.15) is 0 Å². The third-order valence-corrected chi connectivity index (χ3v) is 3.45. The molecule has 1 aliphatic carbocycles. The molecule has 2 amide bonds. The maximum atomic E-state index is 11.8. The molecule has 3 atom stereocenters. The standard InChI is InChI=1S/C13H24N2O4/c1-3-4-9(8-12(16)17)14-13(18)15-10-5-6-11(7-10)19-2/h9-11H,3-8H2,1-2H3,(H,16,17)(H2,14,15,18). The third kappa shape index (κ3) is 5.92. The van der Waals surface area contributed by atoms with Crippen molar-refractivity contribution in [3.63, 3.8) is 0 Å². The number of hydrogen-bond acceptors (Lipinski definition) is 3. The van der Waals surface area contributed by atoms with Gasteiger partial charge in [-0.2, -0.15) is 0 Å². The number of carboxylic acid groups (broad SMARTS) is 1. The van der Waals surface area contributed by atoms with Crippen LogP contribution in [0.25, 0.3) is 0 Å². The molecule has 0 spiro atoms. The minimum atomic E-state index is -0.890. The number of rotatable bonds is 7. The van der Waals surface area contributed by atoms with Crippen molar-refractivity contribution in [2.75, 3.05) is 7.11 Å². The zero-order valence-electron chi connectivity index (χ0n) is 11.6. The molecule has 0 aromatic heterocycles. The summed E-state index contributed by atoms with van der Waals surface area (Å²) in [5.74, 6) is -0.890. The molecule has 0 aromatic rings. The Kier molecular flexibility index (Phi) is 6.62. The van der Waals surface area contributed by atoms with E-state index in [9.17, 15) is 9.59 Å². The lowest BCUT2D eigenvalue weighted by Gasteiger charge is -2.19. The summed E-state index contributed by atoms with van der Waals surface area (Å²) in [6, 6.07) is -0.458. The molecule has 0 radical (unpaired) electrons. The SMILES string of the molecule is CCCC(CC(=O)O)NC(=O)NC1CCC(OC)C1. The van der Waals surface area contributed by atoms with E-state index in [4.69, 9.17) is 9.84 Å². The summed E-state index contributed by atoms with van der Waals surface area (Å²) in [5, 5.41) is 14.4. The van der Waals surface area contributed by atoms with Gasteiger partial charge in [-0.05, 0) is 25.7 Å². The number of amides is 2. The topological polar surface area (TPSA) is 87.7 Å². The smallest absolute Gasteiger partial charge is 0.315 e. The summed E-state index contributed by atoms with van der Waals surface area (Å²) in [6.07, 6.45) is 4.38. The fourth-order valence-corrected chi connectivity index (χ4v) is 2.48. The monoisotopic (exact) mass is 272 g/mol. The van der Waals surface area contributed by atoms with Gasteiger partial charge in [-0.25, -0.2) is 4.79 Å². The number of carbonyl (C=O) groups excluding carboxylic acids is 1. The number of carboxylic acids is 1. The van der Waals surface area contributed by atoms with Gasteiger partial charge in [0.15, 0.2) is 0 Å². The van der Waals surface area contributed by atoms with E-state index in [1.54, 1.807) is 7.11 Å². The highest BCUT2D eigenvalue weighted by Crippen LogP contribution is 2.21. The summed E-state index contributed by atoms with van der Waals surface area (Å²) >= 11 is 0. The van der Waals surface area contributed by atoms with Gasteiger partial charge in [-0.15, -0.1) is 0 Å². The molecule has 0 aliphatic heterocycles. The molecular formula is C13H24N2O4. The summed E-state index contributed by atoms with van der Waals surface area (Å²) in [5.41, 5.74) is 0. The summed E-state index contributed by atoms with van der Waals surface area (Å²) in [4.78, 5) is 22.5. The van der Waals surface area contributed by atoms with Crippen LogP contribution in [-0.4, -0.2) is 42.4 Å². The minimum Gasteiger partial charge on any atom is -0.481 e. The van der Waals surface area contributed by atoms with Crippen molar-refractivity contribution >= 4 is 12.0 Å². The highest BCUT2D eigenvalue weighted by Gasteiger charge is 2.26. The minimum absolute atomic E-state index is 0.0351. The molecule has 3 unspecified atom stereocenters. The van der Waals surface area contributed by atoms with Crippen LogP contribution in [-0.2, 0) is 9.53 Å². The summed E-state index contributed by atoms with van der Waals surface area (Å²) in [7, 11) is 1.68. The molecule has 19 heavy (non-hydrogen) atoms. The zero-order chi connectivity index (χ0) is 14.3. The average molecular weight is 272 g/mol. The van der Waals surface area contributed by atoms with Crippen molar-refractivity contribution in [3.05, 3.63) is 0 Å². The Morgan fingerprint density at radius 2 is 2.16 bits per heavy atom. The molecule has 6 heteroatoms. The molecule has 1 aliphatic rings. The second-order valence-corrected chi connectivity index (χ2v) is 5.07. The van der Waals surface area contributed by atoms with E-state index in [0.717, 1.165) is 25.7 Å². The highest BCUT2D eigenvalue weighted by molar-refractivity contribution is 5.76. The Morgan fingerprint density at radius 3 is 2.68 bits per heavy atom. The van der Waals surface area contributed by atoms with Crippen LogP contribution in [0.3, 0.4) is 0 Å². The van der Waals surface area contributed by atoms with Crippen LogP contribution in [0, 0.1) is 0 Å². The van der Waals surface area contributed by atoms with E-state index in [1.807, 2.05) is 6.92 Å². The van der Waals surface area contributed by atoms with Gasteiger partial charge in [-0.1, -0.05) is 13.3 Å². The molecule has 110 valence electrons. The van der Waals surface area contributed by atoms with E-state index in [2.05, 4.69) is 10.6 Å². The maximum absolute atomic E-state index is 11.8. The number of carbonyl (C=O) groups is 2. The van der Waals surface area contributed by atoms with Crippen LogP contribution in [0.15, 0.2) is 0 Å². The van der Waals surface area contributed by atoms with E-state index in [1.165, 1.54) is 0 Å². The molecule has 0 bridgehead atoms. The van der Waals surface area contributed by atoms with Crippen molar-refractivity contribution in [2.45, 2.75) is 63.6 Å². The molecular weight excluding hydrogens is 248 g/mol. The molecule has 3 N–H and O–H groups in total. The number of aliphatic carboxylic acids is 1. The molecule has 1 fully saturated rings. The highest BCUT2D eigenvalue weighted by atomic mass is 16.5. The average Bonchev–Trinajstić information content (AvgIpc) is 2.75. The van der Waals surface area contributed by atoms with E-state index in [0.29, 0.717) is 6.42 Å². The Balaban J connectivity index is 2.33. The van der Waals surface area contributed by atoms with Crippen LogP contribution in [0.5, 0.6) is 0 Å². The Hall–Kier alpha value is -1.30. The number of ether oxygens (including phenoxy) is 1. The lowest BCUT2D eigenvalue weighted by molar-refractivity contribution is -0.137. The quantitative estimate of drug-likeness (QED) is 0.655. The normalized spacial score (nSPS) is 23.9. The fourth-order valence-electron chi connectivity index (χ4n) is 2.48. The van der Waals surface area contributed by atoms with Crippen molar-refractivity contribution < 1.29 is 19.4 Å². The Morgan fingerprint density at radius 1 is 1.42 bits per heavy atom. The van der Waals surface area contributed by atoms with Crippen LogP contribution in [0.4, 0.5) is 4.79 Å². The molecule has 0 aromatic carbocycles. The second kappa shape index (κ2) is 7.99. The molecule has 0 saturated heterocycles. The van der Waals surface area contributed by atoms with Gasteiger partial charge in [0.05, 0.1) is 12.5 Å². The molecule has 0 heterocycles. The van der Waals surface area contributed by atoms with E-state index < -0.39 is 5.97 Å². The lowest BCUT2D eigenvalue weighted by Crippen LogP contribution is -2.46. The fraction of sp³-hybridized carbons (Fsp3) is 0.846.